The zero-order valence-corrected chi connectivity index (χ0v) is 15.8. The number of amides is 2. The van der Waals surface area contributed by atoms with Gasteiger partial charge in [-0.15, -0.1) is 0 Å². The average molecular weight is 397 g/mol. The van der Waals surface area contributed by atoms with Gasteiger partial charge in [-0.2, -0.15) is 10.1 Å². The molecule has 0 N–H and O–H groups in total. The standard InChI is InChI=1S/C20H19N3O6/c1-28-15-5-9(14(23(26)27)7-16(15)29-2)8-21-22-19(24)17-10-3-4-11(13-6-12(10)13)18(17)20(22)25/h3-5,7-8,10-13,17-18H,6H2,1-2H3/b21-8-/t10-,11-,12-,13+,17+,18-/m1/s1. The number of hydrogen-bond donors (Lipinski definition) is 0. The van der Waals surface area contributed by atoms with Gasteiger partial charge >= 0.3 is 0 Å². The van der Waals surface area contributed by atoms with Crippen LogP contribution in [0.3, 0.4) is 0 Å². The second-order valence-corrected chi connectivity index (χ2v) is 7.91. The molecule has 6 atom stereocenters. The molecule has 1 aliphatic heterocycles. The van der Waals surface area contributed by atoms with E-state index in [0.717, 1.165) is 11.4 Å². The van der Waals surface area contributed by atoms with Gasteiger partial charge < -0.3 is 9.47 Å². The van der Waals surface area contributed by atoms with E-state index in [1.54, 1.807) is 0 Å². The first-order valence-corrected chi connectivity index (χ1v) is 9.46. The highest BCUT2D eigenvalue weighted by Gasteiger charge is 2.67. The third kappa shape index (κ3) is 2.43. The Morgan fingerprint density at radius 2 is 1.62 bits per heavy atom. The predicted octanol–water partition coefficient (Wildman–Crippen LogP) is 2.00. The molecule has 1 aromatic rings. The fourth-order valence-corrected chi connectivity index (χ4v) is 5.32. The lowest BCUT2D eigenvalue weighted by Crippen LogP contribution is -2.40. The molecule has 1 heterocycles. The molecule has 0 spiro atoms. The quantitative estimate of drug-likeness (QED) is 0.247. The van der Waals surface area contributed by atoms with Crippen LogP contribution in [0.15, 0.2) is 29.4 Å². The largest absolute Gasteiger partial charge is 0.493 e. The summed E-state index contributed by atoms with van der Waals surface area (Å²) in [6.45, 7) is 0. The van der Waals surface area contributed by atoms with Crippen LogP contribution in [0.1, 0.15) is 12.0 Å². The van der Waals surface area contributed by atoms with Crippen molar-refractivity contribution in [1.82, 2.24) is 5.01 Å². The van der Waals surface area contributed by atoms with Crippen LogP contribution < -0.4 is 9.47 Å². The first kappa shape index (κ1) is 17.8. The number of carbonyl (C=O) groups is 2. The zero-order chi connectivity index (χ0) is 20.4. The van der Waals surface area contributed by atoms with Crippen molar-refractivity contribution in [2.45, 2.75) is 6.42 Å². The second kappa shape index (κ2) is 6.13. The first-order valence-electron chi connectivity index (χ1n) is 9.46. The summed E-state index contributed by atoms with van der Waals surface area (Å²) in [6, 6.07) is 2.63. The van der Waals surface area contributed by atoms with Gasteiger partial charge in [0.05, 0.1) is 48.8 Å². The number of carbonyl (C=O) groups excluding carboxylic acids is 2. The SMILES string of the molecule is COc1cc(/C=N\N2C(=O)[C@@H]3[C@@H]4C=C[C@H]([C@H]5C[C@@H]45)[C@@H]3C2=O)c([N+](=O)[O-])cc1OC. The summed E-state index contributed by atoms with van der Waals surface area (Å²) in [7, 11) is 2.79. The van der Waals surface area contributed by atoms with Crippen LogP contribution in [-0.4, -0.2) is 42.2 Å². The van der Waals surface area contributed by atoms with E-state index in [1.807, 2.05) is 0 Å². The summed E-state index contributed by atoms with van der Waals surface area (Å²) in [4.78, 5) is 36.8. The lowest BCUT2D eigenvalue weighted by atomic mass is 9.63. The molecule has 0 aromatic heterocycles. The number of methoxy groups -OCH3 is 2. The van der Waals surface area contributed by atoms with E-state index in [0.29, 0.717) is 11.8 Å². The van der Waals surface area contributed by atoms with Gasteiger partial charge in [0.1, 0.15) is 0 Å². The van der Waals surface area contributed by atoms with E-state index in [-0.39, 0.29) is 58.2 Å². The van der Waals surface area contributed by atoms with Crippen LogP contribution in [0.5, 0.6) is 11.5 Å². The van der Waals surface area contributed by atoms with Crippen molar-refractivity contribution >= 4 is 23.7 Å². The lowest BCUT2D eigenvalue weighted by Gasteiger charge is -2.37. The highest BCUT2D eigenvalue weighted by molar-refractivity contribution is 6.06. The summed E-state index contributed by atoms with van der Waals surface area (Å²) >= 11 is 0. The number of rotatable bonds is 5. The number of allylic oxidation sites excluding steroid dienone is 2. The van der Waals surface area contributed by atoms with Crippen LogP contribution in [0.25, 0.3) is 0 Å². The highest BCUT2D eigenvalue weighted by Crippen LogP contribution is 2.65. The molecule has 2 saturated carbocycles. The van der Waals surface area contributed by atoms with E-state index in [1.165, 1.54) is 32.6 Å². The number of ether oxygens (including phenoxy) is 2. The summed E-state index contributed by atoms with van der Waals surface area (Å²) in [6.07, 6.45) is 6.41. The number of nitro groups is 1. The van der Waals surface area contributed by atoms with E-state index >= 15 is 0 Å². The number of hydrazone groups is 1. The number of benzene rings is 1. The Labute approximate surface area is 166 Å². The third-order valence-corrected chi connectivity index (χ3v) is 6.68. The molecule has 29 heavy (non-hydrogen) atoms. The number of nitrogens with zero attached hydrogens (tertiary/aromatic N) is 3. The van der Waals surface area contributed by atoms with Gasteiger partial charge in [0.25, 0.3) is 17.5 Å². The molecule has 1 saturated heterocycles. The van der Waals surface area contributed by atoms with Crippen LogP contribution in [0.2, 0.25) is 0 Å². The number of nitro benzene ring substituents is 1. The third-order valence-electron chi connectivity index (χ3n) is 6.68. The van der Waals surface area contributed by atoms with Crippen molar-refractivity contribution < 1.29 is 24.0 Å². The summed E-state index contributed by atoms with van der Waals surface area (Å²) in [5.74, 6) is 0.333. The minimum absolute atomic E-state index is 0.0991. The van der Waals surface area contributed by atoms with Crippen molar-refractivity contribution in [3.05, 3.63) is 40.0 Å². The van der Waals surface area contributed by atoms with Gasteiger partial charge in [0.2, 0.25) is 0 Å². The van der Waals surface area contributed by atoms with Crippen molar-refractivity contribution in [3.63, 3.8) is 0 Å². The van der Waals surface area contributed by atoms with Crippen LogP contribution >= 0.6 is 0 Å². The fourth-order valence-electron chi connectivity index (χ4n) is 5.32. The molecule has 9 heteroatoms. The average Bonchev–Trinajstić information content (AvgIpc) is 3.50. The first-order chi connectivity index (χ1) is 14.0. The molecule has 9 nitrogen and oxygen atoms in total. The number of imide groups is 1. The Hall–Kier alpha value is -3.23. The molecule has 2 amide bonds. The van der Waals surface area contributed by atoms with E-state index in [2.05, 4.69) is 17.3 Å². The van der Waals surface area contributed by atoms with Crippen LogP contribution in [-0.2, 0) is 9.59 Å². The molecule has 0 radical (unpaired) electrons. The Morgan fingerprint density at radius 3 is 2.14 bits per heavy atom. The molecule has 4 aliphatic carbocycles. The van der Waals surface area contributed by atoms with E-state index < -0.39 is 4.92 Å². The van der Waals surface area contributed by atoms with Gasteiger partial charge in [0, 0.05) is 0 Å². The summed E-state index contributed by atoms with van der Waals surface area (Å²) < 4.78 is 10.3. The minimum atomic E-state index is -0.575. The van der Waals surface area contributed by atoms with Crippen LogP contribution in [0.4, 0.5) is 5.69 Å². The highest BCUT2D eigenvalue weighted by atomic mass is 16.6. The van der Waals surface area contributed by atoms with Gasteiger partial charge in [0.15, 0.2) is 11.5 Å². The van der Waals surface area contributed by atoms with E-state index in [4.69, 9.17) is 9.47 Å². The van der Waals surface area contributed by atoms with Gasteiger partial charge in [-0.1, -0.05) is 12.2 Å². The maximum absolute atomic E-state index is 12.9. The minimum Gasteiger partial charge on any atom is -0.493 e. The fraction of sp³-hybridized carbons (Fsp3) is 0.450. The lowest BCUT2D eigenvalue weighted by molar-refractivity contribution is -0.385. The van der Waals surface area contributed by atoms with Gasteiger partial charge in [-0.25, -0.2) is 0 Å². The number of hydrogen-bond acceptors (Lipinski definition) is 7. The Morgan fingerprint density at radius 1 is 1.07 bits per heavy atom. The molecule has 2 bridgehead atoms. The zero-order valence-electron chi connectivity index (χ0n) is 15.8. The summed E-state index contributed by atoms with van der Waals surface area (Å²) in [5.41, 5.74) is -0.141. The van der Waals surface area contributed by atoms with Crippen molar-refractivity contribution in [3.8, 4) is 11.5 Å². The normalized spacial score (nSPS) is 33.8. The maximum Gasteiger partial charge on any atom is 0.282 e. The Balaban J connectivity index is 1.48. The van der Waals surface area contributed by atoms with Crippen molar-refractivity contribution in [2.24, 2.45) is 40.6 Å². The van der Waals surface area contributed by atoms with Crippen LogP contribution in [0, 0.1) is 45.6 Å². The molecule has 6 rings (SSSR count). The molecule has 3 fully saturated rings. The summed E-state index contributed by atoms with van der Waals surface area (Å²) in [5, 5.41) is 16.4. The second-order valence-electron chi connectivity index (χ2n) is 7.91. The topological polar surface area (TPSA) is 111 Å². The predicted molar refractivity (Wildman–Crippen MR) is 100 cm³/mol. The Bertz CT molecular complexity index is 966. The molecular formula is C20H19N3O6. The van der Waals surface area contributed by atoms with Crippen molar-refractivity contribution in [2.75, 3.05) is 14.2 Å². The van der Waals surface area contributed by atoms with Gasteiger partial charge in [-0.05, 0) is 36.2 Å². The molecule has 5 aliphatic rings. The molecule has 1 aromatic carbocycles. The van der Waals surface area contributed by atoms with Gasteiger partial charge in [-0.3, -0.25) is 19.7 Å². The van der Waals surface area contributed by atoms with E-state index in [9.17, 15) is 19.7 Å². The maximum atomic E-state index is 12.9. The Kier molecular flexibility index (Phi) is 3.77. The molecule has 150 valence electrons. The smallest absolute Gasteiger partial charge is 0.282 e. The molecular weight excluding hydrogens is 378 g/mol. The molecule has 0 unspecified atom stereocenters. The van der Waals surface area contributed by atoms with Crippen molar-refractivity contribution in [1.29, 1.82) is 0 Å². The monoisotopic (exact) mass is 397 g/mol.